The van der Waals surface area contributed by atoms with E-state index in [9.17, 15) is 4.79 Å². The van der Waals surface area contributed by atoms with Crippen molar-refractivity contribution in [1.82, 2.24) is 19.9 Å². The standard InChI is InChI=1S/C22H24N4O/c1-14-9-15(2)23-20(10-14)13-26(5)22(27)19-8-6-7-18(12-19)21-24-16(3)11-17(4)25-21/h6-12H,13H2,1-5H3. The third-order valence-corrected chi connectivity index (χ3v) is 4.25. The predicted octanol–water partition coefficient (Wildman–Crippen LogP) is 4.04. The van der Waals surface area contributed by atoms with Crippen molar-refractivity contribution in [1.29, 1.82) is 0 Å². The highest BCUT2D eigenvalue weighted by atomic mass is 16.2. The SMILES string of the molecule is Cc1cc(C)nc(CN(C)C(=O)c2cccc(-c3nc(C)cc(C)n3)c2)c1. The number of rotatable bonds is 4. The van der Waals surface area contributed by atoms with E-state index in [4.69, 9.17) is 0 Å². The van der Waals surface area contributed by atoms with Gasteiger partial charge in [0, 0.05) is 35.3 Å². The summed E-state index contributed by atoms with van der Waals surface area (Å²) in [6.07, 6.45) is 0. The van der Waals surface area contributed by atoms with Crippen LogP contribution in [0.2, 0.25) is 0 Å². The van der Waals surface area contributed by atoms with Crippen LogP contribution >= 0.6 is 0 Å². The number of amides is 1. The summed E-state index contributed by atoms with van der Waals surface area (Å²) < 4.78 is 0. The van der Waals surface area contributed by atoms with Crippen molar-refractivity contribution in [2.75, 3.05) is 7.05 Å². The topological polar surface area (TPSA) is 59.0 Å². The Morgan fingerprint density at radius 2 is 1.56 bits per heavy atom. The zero-order valence-electron chi connectivity index (χ0n) is 16.4. The van der Waals surface area contributed by atoms with Gasteiger partial charge in [-0.15, -0.1) is 0 Å². The van der Waals surface area contributed by atoms with Crippen LogP contribution in [0.3, 0.4) is 0 Å². The van der Waals surface area contributed by atoms with Crippen LogP contribution in [0.25, 0.3) is 11.4 Å². The molecule has 0 fully saturated rings. The third-order valence-electron chi connectivity index (χ3n) is 4.25. The van der Waals surface area contributed by atoms with Crippen molar-refractivity contribution >= 4 is 5.91 Å². The Labute approximate surface area is 160 Å². The number of aryl methyl sites for hydroxylation is 4. The quantitative estimate of drug-likeness (QED) is 0.704. The molecule has 0 bridgehead atoms. The zero-order chi connectivity index (χ0) is 19.6. The summed E-state index contributed by atoms with van der Waals surface area (Å²) in [6.45, 7) is 8.35. The van der Waals surface area contributed by atoms with Gasteiger partial charge >= 0.3 is 0 Å². The van der Waals surface area contributed by atoms with Gasteiger partial charge in [0.25, 0.3) is 5.91 Å². The van der Waals surface area contributed by atoms with E-state index in [-0.39, 0.29) is 5.91 Å². The Kier molecular flexibility index (Phi) is 5.31. The molecule has 0 aliphatic rings. The Balaban J connectivity index is 1.84. The second-order valence-electron chi connectivity index (χ2n) is 6.99. The smallest absolute Gasteiger partial charge is 0.253 e. The molecular weight excluding hydrogens is 336 g/mol. The van der Waals surface area contributed by atoms with Crippen LogP contribution in [0.4, 0.5) is 0 Å². The van der Waals surface area contributed by atoms with E-state index in [0.29, 0.717) is 17.9 Å². The first-order valence-corrected chi connectivity index (χ1v) is 8.94. The maximum absolute atomic E-state index is 12.9. The number of aromatic nitrogens is 3. The first-order valence-electron chi connectivity index (χ1n) is 8.94. The zero-order valence-corrected chi connectivity index (χ0v) is 16.4. The fraction of sp³-hybridized carbons (Fsp3) is 0.273. The molecule has 2 aromatic heterocycles. The molecule has 0 aliphatic carbocycles. The minimum atomic E-state index is -0.0535. The summed E-state index contributed by atoms with van der Waals surface area (Å²) in [5.41, 5.74) is 6.26. The molecule has 3 rings (SSSR count). The fourth-order valence-corrected chi connectivity index (χ4v) is 3.19. The molecule has 138 valence electrons. The summed E-state index contributed by atoms with van der Waals surface area (Å²) in [5, 5.41) is 0. The molecule has 5 nitrogen and oxygen atoms in total. The van der Waals surface area contributed by atoms with Crippen molar-refractivity contribution in [3.05, 3.63) is 76.4 Å². The molecule has 27 heavy (non-hydrogen) atoms. The van der Waals surface area contributed by atoms with E-state index in [1.165, 1.54) is 0 Å². The van der Waals surface area contributed by atoms with Gasteiger partial charge in [0.1, 0.15) is 0 Å². The van der Waals surface area contributed by atoms with Gasteiger partial charge in [0.05, 0.1) is 12.2 Å². The van der Waals surface area contributed by atoms with Gasteiger partial charge in [-0.05, 0) is 63.6 Å². The van der Waals surface area contributed by atoms with Crippen molar-refractivity contribution in [3.8, 4) is 11.4 Å². The summed E-state index contributed by atoms with van der Waals surface area (Å²) in [4.78, 5) is 28.1. The van der Waals surface area contributed by atoms with Gasteiger partial charge in [0.15, 0.2) is 5.82 Å². The molecule has 1 aromatic carbocycles. The molecule has 5 heteroatoms. The molecule has 0 saturated carbocycles. The summed E-state index contributed by atoms with van der Waals surface area (Å²) in [7, 11) is 1.79. The van der Waals surface area contributed by atoms with Crippen molar-refractivity contribution in [2.45, 2.75) is 34.2 Å². The van der Waals surface area contributed by atoms with Crippen LogP contribution in [0.1, 0.15) is 38.7 Å². The van der Waals surface area contributed by atoms with Gasteiger partial charge in [-0.25, -0.2) is 9.97 Å². The summed E-state index contributed by atoms with van der Waals surface area (Å²) >= 11 is 0. The Hall–Kier alpha value is -3.08. The lowest BCUT2D eigenvalue weighted by Crippen LogP contribution is -2.26. The van der Waals surface area contributed by atoms with E-state index < -0.39 is 0 Å². The Morgan fingerprint density at radius 3 is 2.22 bits per heavy atom. The number of hydrogen-bond acceptors (Lipinski definition) is 4. The van der Waals surface area contributed by atoms with Gasteiger partial charge < -0.3 is 4.90 Å². The van der Waals surface area contributed by atoms with Crippen LogP contribution in [0, 0.1) is 27.7 Å². The van der Waals surface area contributed by atoms with Crippen LogP contribution in [0.15, 0.2) is 42.5 Å². The van der Waals surface area contributed by atoms with Gasteiger partial charge in [0.2, 0.25) is 0 Å². The number of pyridine rings is 1. The van der Waals surface area contributed by atoms with Crippen molar-refractivity contribution in [3.63, 3.8) is 0 Å². The molecule has 0 radical (unpaired) electrons. The predicted molar refractivity (Wildman–Crippen MR) is 106 cm³/mol. The van der Waals surface area contributed by atoms with Crippen LogP contribution in [0.5, 0.6) is 0 Å². The lowest BCUT2D eigenvalue weighted by atomic mass is 10.1. The van der Waals surface area contributed by atoms with Gasteiger partial charge in [-0.3, -0.25) is 9.78 Å². The van der Waals surface area contributed by atoms with E-state index in [2.05, 4.69) is 15.0 Å². The number of carbonyl (C=O) groups excluding carboxylic acids is 1. The number of nitrogens with zero attached hydrogens (tertiary/aromatic N) is 4. The van der Waals surface area contributed by atoms with Gasteiger partial charge in [-0.1, -0.05) is 12.1 Å². The molecule has 0 saturated heterocycles. The van der Waals surface area contributed by atoms with E-state index in [1.54, 1.807) is 11.9 Å². The number of hydrogen-bond donors (Lipinski definition) is 0. The highest BCUT2D eigenvalue weighted by Gasteiger charge is 2.14. The number of carbonyl (C=O) groups is 1. The monoisotopic (exact) mass is 360 g/mol. The van der Waals surface area contributed by atoms with Crippen molar-refractivity contribution < 1.29 is 4.79 Å². The normalized spacial score (nSPS) is 10.7. The Morgan fingerprint density at radius 1 is 0.889 bits per heavy atom. The van der Waals surface area contributed by atoms with Gasteiger partial charge in [-0.2, -0.15) is 0 Å². The first-order chi connectivity index (χ1) is 12.8. The Bertz CT molecular complexity index is 957. The minimum Gasteiger partial charge on any atom is -0.336 e. The molecule has 1 amide bonds. The maximum Gasteiger partial charge on any atom is 0.253 e. The second kappa shape index (κ2) is 7.66. The summed E-state index contributed by atoms with van der Waals surface area (Å²) in [5.74, 6) is 0.586. The average Bonchev–Trinajstić information content (AvgIpc) is 2.59. The molecule has 2 heterocycles. The summed E-state index contributed by atoms with van der Waals surface area (Å²) in [6, 6.07) is 13.4. The highest BCUT2D eigenvalue weighted by Crippen LogP contribution is 2.19. The largest absolute Gasteiger partial charge is 0.336 e. The molecule has 3 aromatic rings. The maximum atomic E-state index is 12.9. The molecular formula is C22H24N4O. The molecule has 0 unspecified atom stereocenters. The second-order valence-corrected chi connectivity index (χ2v) is 6.99. The molecule has 0 N–H and O–H groups in total. The van der Waals surface area contributed by atoms with E-state index in [0.717, 1.165) is 33.9 Å². The van der Waals surface area contributed by atoms with Crippen LogP contribution < -0.4 is 0 Å². The average molecular weight is 360 g/mol. The lowest BCUT2D eigenvalue weighted by Gasteiger charge is -2.18. The molecule has 0 aliphatic heterocycles. The molecule has 0 atom stereocenters. The van der Waals surface area contributed by atoms with Crippen LogP contribution in [-0.2, 0) is 6.54 Å². The minimum absolute atomic E-state index is 0.0535. The van der Waals surface area contributed by atoms with Crippen molar-refractivity contribution in [2.24, 2.45) is 0 Å². The van der Waals surface area contributed by atoms with E-state index in [1.807, 2.05) is 70.2 Å². The fourth-order valence-electron chi connectivity index (χ4n) is 3.19. The molecule has 0 spiro atoms. The first kappa shape index (κ1) is 18.7. The van der Waals surface area contributed by atoms with Crippen LogP contribution in [-0.4, -0.2) is 32.8 Å². The lowest BCUT2D eigenvalue weighted by molar-refractivity contribution is 0.0783. The third kappa shape index (κ3) is 4.56. The van der Waals surface area contributed by atoms with E-state index >= 15 is 0 Å². The highest BCUT2D eigenvalue weighted by molar-refractivity contribution is 5.95. The number of benzene rings is 1.